The van der Waals surface area contributed by atoms with E-state index in [2.05, 4.69) is 55.1 Å². The summed E-state index contributed by atoms with van der Waals surface area (Å²) in [5.41, 5.74) is 2.07. The number of hydrogen-bond acceptors (Lipinski definition) is 8. The number of fused-ring (bicyclic) bond motifs is 1. The molecule has 4 N–H and O–H groups in total. The fraction of sp³-hybridized carbons (Fsp3) is 0.459. The van der Waals surface area contributed by atoms with Gasteiger partial charge in [-0.2, -0.15) is 13.2 Å². The highest BCUT2D eigenvalue weighted by Gasteiger charge is 2.37. The van der Waals surface area contributed by atoms with Gasteiger partial charge < -0.3 is 44.6 Å². The number of alkyl halides is 3. The molecule has 4 rings (SSSR count). The van der Waals surface area contributed by atoms with E-state index in [1.165, 1.54) is 0 Å². The highest BCUT2D eigenvalue weighted by Crippen LogP contribution is 2.38. The van der Waals surface area contributed by atoms with E-state index in [1.54, 1.807) is 24.3 Å². The van der Waals surface area contributed by atoms with Gasteiger partial charge in [0.05, 0.1) is 63.9 Å². The molecule has 0 aliphatic carbocycles. The number of amides is 3. The Kier molecular flexibility index (Phi) is 14.3. The first kappa shape index (κ1) is 41.5. The number of carbonyl (C=O) groups is 2. The first-order chi connectivity index (χ1) is 24.9. The van der Waals surface area contributed by atoms with E-state index in [4.69, 9.17) is 23.4 Å². The van der Waals surface area contributed by atoms with Gasteiger partial charge in [-0.3, -0.25) is 4.79 Å². The van der Waals surface area contributed by atoms with Gasteiger partial charge in [-0.15, -0.1) is 0 Å². The molecule has 53 heavy (non-hydrogen) atoms. The lowest BCUT2D eigenvalue weighted by molar-refractivity contribution is -0.137. The van der Waals surface area contributed by atoms with Crippen LogP contribution >= 0.6 is 0 Å². The maximum Gasteiger partial charge on any atom is 0.416 e. The Morgan fingerprint density at radius 2 is 1.43 bits per heavy atom. The number of hydrogen-bond donors (Lipinski definition) is 4. The van der Waals surface area contributed by atoms with Crippen molar-refractivity contribution in [3.63, 3.8) is 0 Å². The Morgan fingerprint density at radius 1 is 0.811 bits per heavy atom. The summed E-state index contributed by atoms with van der Waals surface area (Å²) in [7, 11) is -1.81. The first-order valence-corrected chi connectivity index (χ1v) is 20.1. The van der Waals surface area contributed by atoms with Crippen LogP contribution in [-0.2, 0) is 36.0 Å². The Morgan fingerprint density at radius 3 is 2.08 bits per heavy atom. The van der Waals surface area contributed by atoms with E-state index in [-0.39, 0.29) is 43.1 Å². The Labute approximate surface area is 308 Å². The molecule has 16 heteroatoms. The second-order valence-corrected chi connectivity index (χ2v) is 18.8. The van der Waals surface area contributed by atoms with Gasteiger partial charge in [0.25, 0.3) is 0 Å². The summed E-state index contributed by atoms with van der Waals surface area (Å²) in [4.78, 5) is 24.5. The minimum Gasteiger partial charge on any atom is -0.488 e. The predicted molar refractivity (Wildman–Crippen MR) is 198 cm³/mol. The third kappa shape index (κ3) is 12.4. The van der Waals surface area contributed by atoms with Crippen LogP contribution in [0.4, 0.5) is 50.8 Å². The lowest BCUT2D eigenvalue weighted by atomic mass is 10.1. The van der Waals surface area contributed by atoms with Crippen molar-refractivity contribution in [2.45, 2.75) is 58.4 Å². The highest BCUT2D eigenvalue weighted by molar-refractivity contribution is 6.74. The van der Waals surface area contributed by atoms with E-state index in [9.17, 15) is 22.8 Å². The maximum absolute atomic E-state index is 15.3. The van der Waals surface area contributed by atoms with Crippen molar-refractivity contribution in [3.8, 4) is 5.75 Å². The lowest BCUT2D eigenvalue weighted by Crippen LogP contribution is -2.41. The van der Waals surface area contributed by atoms with Crippen LogP contribution in [0.3, 0.4) is 0 Å². The summed E-state index contributed by atoms with van der Waals surface area (Å²) in [6.07, 6.45) is -4.54. The maximum atomic E-state index is 15.3. The molecule has 3 amide bonds. The van der Waals surface area contributed by atoms with E-state index < -0.39 is 43.3 Å². The third-order valence-electron chi connectivity index (χ3n) is 8.85. The molecular formula is C37H48F4N4O7Si. The number of ether oxygens (including phenoxy) is 4. The van der Waals surface area contributed by atoms with Crippen LogP contribution in [-0.4, -0.2) is 73.1 Å². The molecule has 0 aromatic heterocycles. The normalized spacial score (nSPS) is 13.1. The molecule has 0 saturated heterocycles. The van der Waals surface area contributed by atoms with Crippen molar-refractivity contribution < 1.29 is 50.5 Å². The van der Waals surface area contributed by atoms with Crippen LogP contribution in [0.15, 0.2) is 48.5 Å². The third-order valence-corrected chi connectivity index (χ3v) is 13.4. The summed E-state index contributed by atoms with van der Waals surface area (Å²) in [6.45, 7) is 14.5. The number of halogens is 4. The fourth-order valence-corrected chi connectivity index (χ4v) is 5.88. The number of nitrogens with one attached hydrogen (secondary N) is 4. The summed E-state index contributed by atoms with van der Waals surface area (Å²) < 4.78 is 84.1. The molecule has 1 aliphatic rings. The lowest BCUT2D eigenvalue weighted by Gasteiger charge is -2.36. The van der Waals surface area contributed by atoms with Crippen LogP contribution in [0.5, 0.6) is 5.75 Å². The van der Waals surface area contributed by atoms with Crippen LogP contribution in [0, 0.1) is 12.7 Å². The minimum atomic E-state index is -4.84. The van der Waals surface area contributed by atoms with E-state index in [0.717, 1.165) is 11.1 Å². The molecule has 0 fully saturated rings. The second kappa shape index (κ2) is 18.2. The molecule has 0 bridgehead atoms. The smallest absolute Gasteiger partial charge is 0.416 e. The van der Waals surface area contributed by atoms with Gasteiger partial charge in [-0.25, -0.2) is 9.18 Å². The number of urea groups is 1. The molecule has 11 nitrogen and oxygen atoms in total. The average molecular weight is 765 g/mol. The molecule has 0 atom stereocenters. The van der Waals surface area contributed by atoms with E-state index >= 15 is 4.39 Å². The quantitative estimate of drug-likeness (QED) is 0.0577. The molecule has 0 unspecified atom stereocenters. The monoisotopic (exact) mass is 764 g/mol. The van der Waals surface area contributed by atoms with Gasteiger partial charge >= 0.3 is 12.2 Å². The van der Waals surface area contributed by atoms with Gasteiger partial charge in [-0.05, 0) is 72.6 Å². The zero-order valence-electron chi connectivity index (χ0n) is 30.9. The molecule has 1 heterocycles. The Hall–Kier alpha value is -4.22. The Balaban J connectivity index is 1.22. The summed E-state index contributed by atoms with van der Waals surface area (Å²) in [5, 5.41) is 10.8. The molecule has 0 saturated carbocycles. The standard InChI is InChI=1S/C37H48F4N4O7Si/c1-24-7-9-28(22-29(24)42-27-10-8-25-19-33(46)44-30(25)23-27)43-35(47)45-31-20-26(37(39,40)41)21-32(34(31)38)51-17-15-49-13-11-48-12-14-50-16-18-52-53(5,6)36(2,3)4/h7-10,20-23,42H,11-19H2,1-6H3,(H,44,46)(H2,43,45,47). The van der Waals surface area contributed by atoms with Gasteiger partial charge in [0, 0.05) is 22.7 Å². The number of aryl methyl sites for hydroxylation is 1. The average Bonchev–Trinajstić information content (AvgIpc) is 3.44. The molecule has 0 spiro atoms. The SMILES string of the molecule is Cc1ccc(NC(=O)Nc2cc(C(F)(F)F)cc(OCCOCCOCCOCCO[Si](C)(C)C(C)(C)C)c2F)cc1Nc1ccc2c(c1)NC(=O)C2. The Bertz CT molecular complexity index is 1730. The van der Waals surface area contributed by atoms with E-state index in [0.29, 0.717) is 62.0 Å². The van der Waals surface area contributed by atoms with Gasteiger partial charge in [-0.1, -0.05) is 32.9 Å². The predicted octanol–water partition coefficient (Wildman–Crippen LogP) is 8.49. The minimum absolute atomic E-state index is 0.0481. The molecule has 1 aliphatic heterocycles. The number of carbonyl (C=O) groups excluding carboxylic acids is 2. The van der Waals surface area contributed by atoms with Crippen molar-refractivity contribution in [2.75, 3.05) is 74.1 Å². The van der Waals surface area contributed by atoms with E-state index in [1.807, 2.05) is 19.1 Å². The number of benzene rings is 3. The van der Waals surface area contributed by atoms with Crippen molar-refractivity contribution in [1.82, 2.24) is 0 Å². The fourth-order valence-electron chi connectivity index (χ4n) is 4.85. The van der Waals surface area contributed by atoms with Crippen LogP contribution in [0.2, 0.25) is 18.1 Å². The summed E-state index contributed by atoms with van der Waals surface area (Å²) in [5.74, 6) is -1.97. The van der Waals surface area contributed by atoms with Crippen molar-refractivity contribution in [1.29, 1.82) is 0 Å². The van der Waals surface area contributed by atoms with Gasteiger partial charge in [0.15, 0.2) is 19.9 Å². The topological polar surface area (TPSA) is 128 Å². The van der Waals surface area contributed by atoms with Gasteiger partial charge in [0.2, 0.25) is 5.91 Å². The van der Waals surface area contributed by atoms with Gasteiger partial charge in [0.1, 0.15) is 6.61 Å². The molecule has 3 aromatic carbocycles. The summed E-state index contributed by atoms with van der Waals surface area (Å²) >= 11 is 0. The molecule has 290 valence electrons. The zero-order valence-corrected chi connectivity index (χ0v) is 31.9. The molecule has 3 aromatic rings. The highest BCUT2D eigenvalue weighted by atomic mass is 28.4. The summed E-state index contributed by atoms with van der Waals surface area (Å²) in [6, 6.07) is 10.4. The first-order valence-electron chi connectivity index (χ1n) is 17.2. The van der Waals surface area contributed by atoms with Crippen molar-refractivity contribution in [2.24, 2.45) is 0 Å². The second-order valence-electron chi connectivity index (χ2n) is 14.0. The molecule has 0 radical (unpaired) electrons. The van der Waals surface area contributed by atoms with Crippen LogP contribution in [0.25, 0.3) is 0 Å². The zero-order chi connectivity index (χ0) is 38.8. The molecular weight excluding hydrogens is 717 g/mol. The van der Waals surface area contributed by atoms with Crippen molar-refractivity contribution in [3.05, 3.63) is 71.0 Å². The number of anilines is 5. The van der Waals surface area contributed by atoms with Crippen molar-refractivity contribution >= 4 is 48.7 Å². The number of rotatable bonds is 18. The van der Waals surface area contributed by atoms with Crippen LogP contribution < -0.4 is 26.0 Å². The van der Waals surface area contributed by atoms with Crippen LogP contribution in [0.1, 0.15) is 37.5 Å². The largest absolute Gasteiger partial charge is 0.488 e.